The van der Waals surface area contributed by atoms with Gasteiger partial charge in [0.15, 0.2) is 11.6 Å². The van der Waals surface area contributed by atoms with Gasteiger partial charge in [0.2, 0.25) is 0 Å². The van der Waals surface area contributed by atoms with Gasteiger partial charge in [-0.15, -0.1) is 0 Å². The summed E-state index contributed by atoms with van der Waals surface area (Å²) in [7, 11) is 0.338. The van der Waals surface area contributed by atoms with Crippen LogP contribution in [0.5, 0.6) is 5.75 Å². The van der Waals surface area contributed by atoms with E-state index >= 15 is 0 Å². The van der Waals surface area contributed by atoms with Crippen molar-refractivity contribution in [2.45, 2.75) is 114 Å². The van der Waals surface area contributed by atoms with Crippen LogP contribution in [0.15, 0.2) is 134 Å². The number of rotatable bonds is 21. The monoisotopic (exact) mass is 920 g/mol. The number of benzene rings is 4. The standard InChI is InChI=1S/C52H64N2O9SSi/c1-38-30-48(63-52(38)33-49(59-35-39-16-10-7-11-17-39)47(62-52)26-29-58-34-40-22-24-41(56-5)25-23-40)46(55)32-42(57-6)31-43(61-50(64)54-28-27-53-37-54)36-60-65(51(2,3)4,44-18-12-8-13-19-44)45-20-14-9-15-21-45/h7-25,27-28,37-38,42-43,47-49H,26,29-36H2,1-6H3/t38-,42-,43-,47-,48+,49-,52+/m0/s1. The van der Waals surface area contributed by atoms with Gasteiger partial charge in [-0.3, -0.25) is 9.36 Å². The fourth-order valence-corrected chi connectivity index (χ4v) is 14.0. The number of hydrogen-bond acceptors (Lipinski definition) is 11. The Morgan fingerprint density at radius 2 is 1.52 bits per heavy atom. The van der Waals surface area contributed by atoms with Crippen molar-refractivity contribution in [3.05, 3.63) is 145 Å². The van der Waals surface area contributed by atoms with Crippen LogP contribution in [0.2, 0.25) is 5.04 Å². The maximum atomic E-state index is 14.3. The van der Waals surface area contributed by atoms with Crippen LogP contribution in [0.1, 0.15) is 70.9 Å². The number of Topliss-reactive ketones (excluding diaryl/α,β-unsaturated/α-hetero) is 1. The molecular formula is C52H64N2O9SSi. The lowest BCUT2D eigenvalue weighted by atomic mass is 9.93. The van der Waals surface area contributed by atoms with Gasteiger partial charge in [0.1, 0.15) is 24.3 Å². The molecule has 0 N–H and O–H groups in total. The highest BCUT2D eigenvalue weighted by atomic mass is 32.1. The van der Waals surface area contributed by atoms with E-state index in [1.807, 2.05) is 54.6 Å². The number of aromatic nitrogens is 2. The summed E-state index contributed by atoms with van der Waals surface area (Å²) in [6, 6.07) is 38.9. The first kappa shape index (κ1) is 48.4. The number of imidazole rings is 1. The largest absolute Gasteiger partial charge is 0.497 e. The first-order chi connectivity index (χ1) is 31.4. The molecule has 2 saturated heterocycles. The van der Waals surface area contributed by atoms with Crippen LogP contribution in [-0.2, 0) is 50.9 Å². The average molecular weight is 921 g/mol. The van der Waals surface area contributed by atoms with Crippen LogP contribution < -0.4 is 15.1 Å². The van der Waals surface area contributed by atoms with Gasteiger partial charge in [-0.2, -0.15) is 0 Å². The normalized spacial score (nSPS) is 21.9. The predicted molar refractivity (Wildman–Crippen MR) is 257 cm³/mol. The zero-order valence-corrected chi connectivity index (χ0v) is 40.3. The van der Waals surface area contributed by atoms with E-state index in [4.69, 9.17) is 49.8 Å². The molecule has 346 valence electrons. The van der Waals surface area contributed by atoms with E-state index in [1.165, 1.54) is 0 Å². The zero-order valence-electron chi connectivity index (χ0n) is 38.5. The van der Waals surface area contributed by atoms with Crippen molar-refractivity contribution in [1.29, 1.82) is 0 Å². The summed E-state index contributed by atoms with van der Waals surface area (Å²) >= 11 is 5.78. The van der Waals surface area contributed by atoms with Crippen molar-refractivity contribution in [3.63, 3.8) is 0 Å². The Bertz CT molecular complexity index is 2190. The molecule has 0 aliphatic carbocycles. The number of ether oxygens (including phenoxy) is 7. The molecule has 2 aliphatic heterocycles. The van der Waals surface area contributed by atoms with Gasteiger partial charge in [-0.1, -0.05) is 131 Å². The minimum absolute atomic E-state index is 0.0546. The molecule has 0 radical (unpaired) electrons. The van der Waals surface area contributed by atoms with Crippen LogP contribution in [0.25, 0.3) is 0 Å². The Balaban J connectivity index is 1.04. The minimum atomic E-state index is -2.94. The van der Waals surface area contributed by atoms with Crippen molar-refractivity contribution in [2.24, 2.45) is 5.92 Å². The van der Waals surface area contributed by atoms with Crippen LogP contribution in [0.4, 0.5) is 0 Å². The van der Waals surface area contributed by atoms with Gasteiger partial charge in [-0.25, -0.2) is 4.98 Å². The highest BCUT2D eigenvalue weighted by Crippen LogP contribution is 2.48. The second-order valence-corrected chi connectivity index (χ2v) is 22.8. The molecule has 11 nitrogen and oxygen atoms in total. The molecule has 65 heavy (non-hydrogen) atoms. The van der Waals surface area contributed by atoms with E-state index in [2.05, 4.69) is 93.3 Å². The summed E-state index contributed by atoms with van der Waals surface area (Å²) < 4.78 is 53.2. The van der Waals surface area contributed by atoms with Crippen LogP contribution in [0.3, 0.4) is 0 Å². The molecule has 4 aromatic carbocycles. The number of nitrogens with zero attached hydrogens (tertiary/aromatic N) is 2. The first-order valence-corrected chi connectivity index (χ1v) is 25.0. The van der Waals surface area contributed by atoms with Gasteiger partial charge < -0.3 is 37.6 Å². The SMILES string of the molecule is COc1ccc(COCC[C@@H]2O[C@]3(C[C@@H]2OCc2ccccc2)O[C@@H](C(=O)C[C@H](C[C@@H](CO[Si](c2ccccc2)(c2ccccc2)C(C)(C)C)OC(=S)n2ccnc2)OC)C[C@@H]3C)cc1. The third-order valence-electron chi connectivity index (χ3n) is 12.7. The second-order valence-electron chi connectivity index (χ2n) is 18.2. The van der Waals surface area contributed by atoms with Gasteiger partial charge in [0.05, 0.1) is 45.2 Å². The summed E-state index contributed by atoms with van der Waals surface area (Å²) in [5.41, 5.74) is 2.13. The number of carbonyl (C=O) groups excluding carboxylic acids is 1. The number of methoxy groups -OCH3 is 2. The number of ketones is 1. The lowest BCUT2D eigenvalue weighted by molar-refractivity contribution is -0.233. The van der Waals surface area contributed by atoms with E-state index in [9.17, 15) is 4.79 Å². The molecular weight excluding hydrogens is 857 g/mol. The zero-order chi connectivity index (χ0) is 45.9. The number of thiocarbonyl (C=S) groups is 1. The topological polar surface area (TPSA) is 109 Å². The van der Waals surface area contributed by atoms with Gasteiger partial charge in [0.25, 0.3) is 13.5 Å². The summed E-state index contributed by atoms with van der Waals surface area (Å²) in [6.07, 6.45) is 4.79. The Labute approximate surface area is 390 Å². The van der Waals surface area contributed by atoms with E-state index in [0.29, 0.717) is 45.5 Å². The molecule has 7 rings (SSSR count). The molecule has 1 aromatic heterocycles. The quantitative estimate of drug-likeness (QED) is 0.0402. The second kappa shape index (κ2) is 22.3. The molecule has 0 amide bonds. The molecule has 0 saturated carbocycles. The summed E-state index contributed by atoms with van der Waals surface area (Å²) in [5, 5.41) is 2.28. The fourth-order valence-electron chi connectivity index (χ4n) is 9.20. The molecule has 5 aromatic rings. The fraction of sp³-hybridized carbons (Fsp3) is 0.442. The predicted octanol–water partition coefficient (Wildman–Crippen LogP) is 8.45. The molecule has 0 bridgehead atoms. The molecule has 3 heterocycles. The van der Waals surface area contributed by atoms with E-state index < -0.39 is 32.4 Å². The molecule has 2 fully saturated rings. The summed E-state index contributed by atoms with van der Waals surface area (Å²) in [6.45, 7) is 10.4. The van der Waals surface area contributed by atoms with Gasteiger partial charge in [-0.05, 0) is 63.7 Å². The summed E-state index contributed by atoms with van der Waals surface area (Å²) in [5.74, 6) is -0.287. The van der Waals surface area contributed by atoms with Crippen LogP contribution >= 0.6 is 12.2 Å². The van der Waals surface area contributed by atoms with Crippen LogP contribution in [-0.4, -0.2) is 92.6 Å². The Kier molecular flexibility index (Phi) is 16.6. The Morgan fingerprint density at radius 1 is 0.877 bits per heavy atom. The van der Waals surface area contributed by atoms with Crippen molar-refractivity contribution < 1.29 is 42.4 Å². The Hall–Kier alpha value is -4.57. The third kappa shape index (κ3) is 11.9. The summed E-state index contributed by atoms with van der Waals surface area (Å²) in [4.78, 5) is 18.5. The van der Waals surface area contributed by atoms with Gasteiger partial charge in [0, 0.05) is 51.3 Å². The number of hydrogen-bond donors (Lipinski definition) is 0. The highest BCUT2D eigenvalue weighted by Gasteiger charge is 2.57. The van der Waals surface area contributed by atoms with E-state index in [0.717, 1.165) is 27.2 Å². The van der Waals surface area contributed by atoms with E-state index in [1.54, 1.807) is 37.5 Å². The highest BCUT2D eigenvalue weighted by molar-refractivity contribution is 7.80. The molecule has 13 heteroatoms. The maximum absolute atomic E-state index is 14.3. The molecule has 7 atom stereocenters. The number of carbonyl (C=O) groups is 1. The van der Waals surface area contributed by atoms with Crippen molar-refractivity contribution >= 4 is 41.9 Å². The minimum Gasteiger partial charge on any atom is -0.497 e. The lowest BCUT2D eigenvalue weighted by Crippen LogP contribution is -2.67. The van der Waals surface area contributed by atoms with E-state index in [-0.39, 0.29) is 47.1 Å². The maximum Gasteiger partial charge on any atom is 0.269 e. The lowest BCUT2D eigenvalue weighted by Gasteiger charge is -2.43. The average Bonchev–Trinajstić information content (AvgIpc) is 4.07. The molecule has 2 aliphatic rings. The smallest absolute Gasteiger partial charge is 0.269 e. The van der Waals surface area contributed by atoms with Crippen molar-refractivity contribution in [3.8, 4) is 5.75 Å². The van der Waals surface area contributed by atoms with Crippen molar-refractivity contribution in [2.75, 3.05) is 27.4 Å². The first-order valence-electron chi connectivity index (χ1n) is 22.6. The molecule has 0 unspecified atom stereocenters. The molecule has 1 spiro atoms. The Morgan fingerprint density at radius 3 is 2.12 bits per heavy atom. The van der Waals surface area contributed by atoms with Gasteiger partial charge >= 0.3 is 0 Å². The third-order valence-corrected chi connectivity index (χ3v) is 18.0. The van der Waals surface area contributed by atoms with Crippen molar-refractivity contribution in [1.82, 2.24) is 9.55 Å². The van der Waals surface area contributed by atoms with Crippen LogP contribution in [0, 0.1) is 5.92 Å².